The first-order chi connectivity index (χ1) is 17.4. The number of amides is 1. The molecule has 0 unspecified atom stereocenters. The number of thiazole rings is 2. The second kappa shape index (κ2) is 12.5. The fourth-order valence-corrected chi connectivity index (χ4v) is 5.93. The van der Waals surface area contributed by atoms with Gasteiger partial charge in [0, 0.05) is 49.7 Å². The molecule has 1 aromatic carbocycles. The summed E-state index contributed by atoms with van der Waals surface area (Å²) < 4.78 is 38.7. The van der Waals surface area contributed by atoms with Gasteiger partial charge in [0.1, 0.15) is 5.01 Å². The van der Waals surface area contributed by atoms with Gasteiger partial charge in [0.25, 0.3) is 5.91 Å². The number of nitrogens with one attached hydrogen (secondary N) is 2. The standard InChI is InChI=1S/C22H25N5O6S3/c1-31-13-17-12-24-22(35-17)25-21(28)20(26-33-14-19-23-8-11-34-19)15-2-4-18(5-3-15)36(29,30)27-16-6-9-32-10-7-16/h2-5,8,11-12,16,27H,6-7,9-10,13-14H2,1H3,(H,24,25,28). The predicted octanol–water partition coefficient (Wildman–Crippen LogP) is 2.76. The Hall–Kier alpha value is -2.75. The zero-order chi connectivity index (χ0) is 25.4. The van der Waals surface area contributed by atoms with Gasteiger partial charge < -0.3 is 14.3 Å². The minimum Gasteiger partial charge on any atom is -0.388 e. The number of methoxy groups -OCH3 is 1. The molecule has 2 aromatic heterocycles. The van der Waals surface area contributed by atoms with Gasteiger partial charge in [-0.15, -0.1) is 11.3 Å². The first-order valence-corrected chi connectivity index (χ1v) is 14.2. The topological polar surface area (TPSA) is 141 Å². The normalized spacial score (nSPS) is 15.1. The van der Waals surface area contributed by atoms with E-state index >= 15 is 0 Å². The SMILES string of the molecule is COCc1cnc(NC(=O)C(=NOCc2nccs2)c2ccc(S(=O)(=O)NC3CCOCC3)cc2)s1. The highest BCUT2D eigenvalue weighted by Crippen LogP contribution is 2.20. The molecule has 2 N–H and O–H groups in total. The Morgan fingerprint density at radius 3 is 2.67 bits per heavy atom. The van der Waals surface area contributed by atoms with Gasteiger partial charge in [-0.25, -0.2) is 23.1 Å². The molecule has 4 rings (SSSR count). The molecule has 0 spiro atoms. The molecule has 1 saturated heterocycles. The Labute approximate surface area is 216 Å². The van der Waals surface area contributed by atoms with E-state index in [2.05, 4.69) is 25.2 Å². The van der Waals surface area contributed by atoms with E-state index in [-0.39, 0.29) is 23.3 Å². The smallest absolute Gasteiger partial charge is 0.280 e. The molecule has 3 heterocycles. The molecule has 1 aliphatic heterocycles. The number of nitrogens with zero attached hydrogens (tertiary/aromatic N) is 3. The van der Waals surface area contributed by atoms with E-state index in [1.807, 2.05) is 5.38 Å². The van der Waals surface area contributed by atoms with Crippen LogP contribution in [-0.2, 0) is 42.3 Å². The molecule has 11 nitrogen and oxygen atoms in total. The summed E-state index contributed by atoms with van der Waals surface area (Å²) in [7, 11) is -2.15. The van der Waals surface area contributed by atoms with Crippen molar-refractivity contribution in [2.24, 2.45) is 5.16 Å². The van der Waals surface area contributed by atoms with Crippen LogP contribution in [0.2, 0.25) is 0 Å². The van der Waals surface area contributed by atoms with Crippen molar-refractivity contribution in [1.29, 1.82) is 0 Å². The zero-order valence-corrected chi connectivity index (χ0v) is 21.8. The molecular weight excluding hydrogens is 526 g/mol. The van der Waals surface area contributed by atoms with Crippen LogP contribution in [0.1, 0.15) is 28.3 Å². The maximum absolute atomic E-state index is 13.1. The lowest BCUT2D eigenvalue weighted by atomic mass is 10.1. The number of sulfonamides is 1. The van der Waals surface area contributed by atoms with Crippen LogP contribution in [0, 0.1) is 0 Å². The molecule has 0 aliphatic carbocycles. The lowest BCUT2D eigenvalue weighted by molar-refractivity contribution is -0.110. The van der Waals surface area contributed by atoms with Gasteiger partial charge >= 0.3 is 0 Å². The predicted molar refractivity (Wildman–Crippen MR) is 136 cm³/mol. The van der Waals surface area contributed by atoms with Crippen molar-refractivity contribution in [1.82, 2.24) is 14.7 Å². The van der Waals surface area contributed by atoms with Crippen molar-refractivity contribution in [2.45, 2.75) is 37.0 Å². The monoisotopic (exact) mass is 551 g/mol. The number of benzene rings is 1. The average molecular weight is 552 g/mol. The number of aromatic nitrogens is 2. The highest BCUT2D eigenvalue weighted by Gasteiger charge is 2.23. The Morgan fingerprint density at radius 2 is 1.97 bits per heavy atom. The third-order valence-electron chi connectivity index (χ3n) is 5.08. The highest BCUT2D eigenvalue weighted by atomic mass is 32.2. The van der Waals surface area contributed by atoms with Crippen molar-refractivity contribution >= 4 is 49.4 Å². The van der Waals surface area contributed by atoms with Crippen LogP contribution >= 0.6 is 22.7 Å². The molecule has 1 amide bonds. The average Bonchev–Trinajstić information content (AvgIpc) is 3.55. The molecule has 14 heteroatoms. The molecular formula is C22H25N5O6S3. The molecule has 1 fully saturated rings. The number of hydrogen-bond donors (Lipinski definition) is 2. The Bertz CT molecular complexity index is 1270. The summed E-state index contributed by atoms with van der Waals surface area (Å²) in [5.74, 6) is -0.552. The summed E-state index contributed by atoms with van der Waals surface area (Å²) in [6, 6.07) is 5.72. The van der Waals surface area contributed by atoms with Gasteiger partial charge in [-0.2, -0.15) is 0 Å². The minimum absolute atomic E-state index is 0.0311. The van der Waals surface area contributed by atoms with Crippen LogP contribution in [0.3, 0.4) is 0 Å². The first kappa shape index (κ1) is 26.3. The maximum atomic E-state index is 13.1. The molecule has 36 heavy (non-hydrogen) atoms. The molecule has 0 saturated carbocycles. The van der Waals surface area contributed by atoms with E-state index in [1.54, 1.807) is 19.5 Å². The number of hydrogen-bond acceptors (Lipinski definition) is 11. The van der Waals surface area contributed by atoms with Crippen molar-refractivity contribution in [3.05, 3.63) is 57.5 Å². The van der Waals surface area contributed by atoms with Gasteiger partial charge in [-0.05, 0) is 25.0 Å². The van der Waals surface area contributed by atoms with Crippen molar-refractivity contribution in [3.8, 4) is 0 Å². The minimum atomic E-state index is -3.72. The third kappa shape index (κ3) is 7.15. The van der Waals surface area contributed by atoms with Crippen LogP contribution in [0.5, 0.6) is 0 Å². The number of carbonyl (C=O) groups is 1. The summed E-state index contributed by atoms with van der Waals surface area (Å²) in [5.41, 5.74) is 0.349. The molecule has 0 bridgehead atoms. The van der Waals surface area contributed by atoms with E-state index in [1.165, 1.54) is 46.9 Å². The van der Waals surface area contributed by atoms with E-state index in [0.29, 0.717) is 48.4 Å². The number of carbonyl (C=O) groups excluding carboxylic acids is 1. The van der Waals surface area contributed by atoms with Crippen molar-refractivity contribution in [2.75, 3.05) is 25.6 Å². The number of anilines is 1. The van der Waals surface area contributed by atoms with Crippen molar-refractivity contribution < 1.29 is 27.5 Å². The second-order valence-electron chi connectivity index (χ2n) is 7.69. The van der Waals surface area contributed by atoms with E-state index in [9.17, 15) is 13.2 Å². The highest BCUT2D eigenvalue weighted by molar-refractivity contribution is 7.89. The Balaban J connectivity index is 1.51. The third-order valence-corrected chi connectivity index (χ3v) is 8.26. The zero-order valence-electron chi connectivity index (χ0n) is 19.4. The number of ether oxygens (including phenoxy) is 2. The van der Waals surface area contributed by atoms with Crippen LogP contribution in [0.25, 0.3) is 0 Å². The summed E-state index contributed by atoms with van der Waals surface area (Å²) in [6.45, 7) is 1.51. The summed E-state index contributed by atoms with van der Waals surface area (Å²) in [5, 5.41) is 9.63. The summed E-state index contributed by atoms with van der Waals surface area (Å²) in [6.07, 6.45) is 4.50. The Kier molecular flexibility index (Phi) is 9.12. The first-order valence-electron chi connectivity index (χ1n) is 11.0. The van der Waals surface area contributed by atoms with Crippen molar-refractivity contribution in [3.63, 3.8) is 0 Å². The number of oxime groups is 1. The van der Waals surface area contributed by atoms with Gasteiger partial charge in [-0.3, -0.25) is 10.1 Å². The molecule has 3 aromatic rings. The molecule has 0 radical (unpaired) electrons. The maximum Gasteiger partial charge on any atom is 0.280 e. The summed E-state index contributed by atoms with van der Waals surface area (Å²) >= 11 is 2.67. The Morgan fingerprint density at radius 1 is 1.19 bits per heavy atom. The quantitative estimate of drug-likeness (QED) is 0.274. The van der Waals surface area contributed by atoms with Crippen LogP contribution in [-0.4, -0.2) is 56.4 Å². The van der Waals surface area contributed by atoms with Gasteiger partial charge in [0.15, 0.2) is 17.5 Å². The van der Waals surface area contributed by atoms with Gasteiger partial charge in [0.05, 0.1) is 16.4 Å². The largest absolute Gasteiger partial charge is 0.388 e. The number of rotatable bonds is 11. The van der Waals surface area contributed by atoms with Gasteiger partial charge in [-0.1, -0.05) is 28.6 Å². The van der Waals surface area contributed by atoms with E-state index in [0.717, 1.165) is 4.88 Å². The lowest BCUT2D eigenvalue weighted by Crippen LogP contribution is -2.38. The van der Waals surface area contributed by atoms with E-state index < -0.39 is 15.9 Å². The van der Waals surface area contributed by atoms with Crippen LogP contribution < -0.4 is 10.0 Å². The van der Waals surface area contributed by atoms with E-state index in [4.69, 9.17) is 14.3 Å². The molecule has 192 valence electrons. The summed E-state index contributed by atoms with van der Waals surface area (Å²) in [4.78, 5) is 27.7. The molecule has 0 atom stereocenters. The van der Waals surface area contributed by atoms with Crippen LogP contribution in [0.15, 0.2) is 52.1 Å². The second-order valence-corrected chi connectivity index (χ2v) is 11.5. The molecule has 1 aliphatic rings. The fraction of sp³-hybridized carbons (Fsp3) is 0.364. The fourth-order valence-electron chi connectivity index (χ4n) is 3.33. The van der Waals surface area contributed by atoms with Gasteiger partial charge in [0.2, 0.25) is 10.0 Å². The van der Waals surface area contributed by atoms with Crippen LogP contribution in [0.4, 0.5) is 5.13 Å². The lowest BCUT2D eigenvalue weighted by Gasteiger charge is -2.23.